The lowest BCUT2D eigenvalue weighted by atomic mass is 9.89. The van der Waals surface area contributed by atoms with E-state index in [2.05, 4.69) is 0 Å². The molecule has 2 fully saturated rings. The maximum absolute atomic E-state index is 14.3. The minimum atomic E-state index is -1.56. The van der Waals surface area contributed by atoms with Gasteiger partial charge in [-0.15, -0.1) is 0 Å². The molecule has 4 nitrogen and oxygen atoms in total. The smallest absolute Gasteiger partial charge is 0.157 e. The Bertz CT molecular complexity index is 837. The summed E-state index contributed by atoms with van der Waals surface area (Å²) in [4.78, 5) is 0. The van der Waals surface area contributed by atoms with Gasteiger partial charge in [-0.1, -0.05) is 35.9 Å². The highest BCUT2D eigenvalue weighted by Crippen LogP contribution is 2.53. The summed E-state index contributed by atoms with van der Waals surface area (Å²) in [5.74, 6) is 0.814. The predicted octanol–water partition coefficient (Wildman–Crippen LogP) is 3.99. The fraction of sp³-hybridized carbons (Fsp3) is 0.455. The summed E-state index contributed by atoms with van der Waals surface area (Å²) in [7, 11) is 0. The Morgan fingerprint density at radius 3 is 2.50 bits per heavy atom. The molecule has 0 radical (unpaired) electrons. The molecule has 0 aromatic heterocycles. The van der Waals surface area contributed by atoms with Crippen molar-refractivity contribution in [1.29, 1.82) is 0 Å². The van der Waals surface area contributed by atoms with Crippen molar-refractivity contribution in [3.05, 3.63) is 64.2 Å². The second-order valence-corrected chi connectivity index (χ2v) is 8.00. The molecular formula is C22H24ClFO4. The van der Waals surface area contributed by atoms with Gasteiger partial charge < -0.3 is 19.7 Å². The van der Waals surface area contributed by atoms with E-state index in [0.29, 0.717) is 36.5 Å². The molecule has 0 amide bonds. The number of ether oxygens (including phenoxy) is 2. The van der Waals surface area contributed by atoms with Crippen LogP contribution in [0.4, 0.5) is 4.39 Å². The van der Waals surface area contributed by atoms with Crippen molar-refractivity contribution >= 4 is 11.6 Å². The topological polar surface area (TPSA) is 58.9 Å². The first-order chi connectivity index (χ1) is 13.4. The molecule has 1 saturated carbocycles. The third kappa shape index (κ3) is 3.64. The summed E-state index contributed by atoms with van der Waals surface area (Å²) < 4.78 is 25.7. The number of benzene rings is 2. The third-order valence-electron chi connectivity index (χ3n) is 5.59. The number of hydrogen-bond acceptors (Lipinski definition) is 4. The summed E-state index contributed by atoms with van der Waals surface area (Å²) in [6, 6.07) is 13.2. The molecule has 2 aromatic carbocycles. The predicted molar refractivity (Wildman–Crippen MR) is 105 cm³/mol. The second kappa shape index (κ2) is 7.64. The van der Waals surface area contributed by atoms with Gasteiger partial charge in [0.15, 0.2) is 6.17 Å². The Kier molecular flexibility index (Phi) is 5.36. The normalized spacial score (nSPS) is 28.3. The summed E-state index contributed by atoms with van der Waals surface area (Å²) in [5.41, 5.74) is 1.67. The van der Waals surface area contributed by atoms with Crippen molar-refractivity contribution in [2.24, 2.45) is 0 Å². The molecule has 2 aliphatic rings. The largest absolute Gasteiger partial charge is 0.494 e. The van der Waals surface area contributed by atoms with E-state index >= 15 is 0 Å². The van der Waals surface area contributed by atoms with Crippen molar-refractivity contribution in [1.82, 2.24) is 0 Å². The van der Waals surface area contributed by atoms with Crippen LogP contribution in [0, 0.1) is 0 Å². The fourth-order valence-corrected chi connectivity index (χ4v) is 4.01. The summed E-state index contributed by atoms with van der Waals surface area (Å²) in [6.07, 6.45) is -3.40. The highest BCUT2D eigenvalue weighted by atomic mass is 35.5. The van der Waals surface area contributed by atoms with Gasteiger partial charge in [-0.05, 0) is 61.1 Å². The van der Waals surface area contributed by atoms with Gasteiger partial charge in [0.25, 0.3) is 0 Å². The number of halogens is 2. The summed E-state index contributed by atoms with van der Waals surface area (Å²) in [6.45, 7) is 2.55. The van der Waals surface area contributed by atoms with Crippen LogP contribution in [-0.4, -0.2) is 40.8 Å². The Hall–Kier alpha value is -1.66. The van der Waals surface area contributed by atoms with Gasteiger partial charge in [0.1, 0.15) is 29.7 Å². The van der Waals surface area contributed by atoms with Crippen LogP contribution in [0.5, 0.6) is 5.75 Å². The first kappa shape index (κ1) is 19.6. The van der Waals surface area contributed by atoms with E-state index < -0.39 is 30.1 Å². The van der Waals surface area contributed by atoms with Gasteiger partial charge in [-0.3, -0.25) is 0 Å². The van der Waals surface area contributed by atoms with E-state index in [9.17, 15) is 14.6 Å². The quantitative estimate of drug-likeness (QED) is 0.788. The lowest BCUT2D eigenvalue weighted by Gasteiger charge is -2.40. The van der Waals surface area contributed by atoms with E-state index in [1.54, 1.807) is 12.1 Å². The van der Waals surface area contributed by atoms with Crippen LogP contribution >= 0.6 is 11.6 Å². The zero-order valence-electron chi connectivity index (χ0n) is 15.6. The first-order valence-electron chi connectivity index (χ1n) is 9.61. The van der Waals surface area contributed by atoms with Crippen LogP contribution in [0.3, 0.4) is 0 Å². The number of alkyl halides is 1. The zero-order valence-corrected chi connectivity index (χ0v) is 16.4. The van der Waals surface area contributed by atoms with Crippen LogP contribution in [0.15, 0.2) is 42.5 Å². The minimum absolute atomic E-state index is 0.557. The molecule has 28 heavy (non-hydrogen) atoms. The maximum atomic E-state index is 14.3. The lowest BCUT2D eigenvalue weighted by Crippen LogP contribution is -2.53. The average Bonchev–Trinajstić information content (AvgIpc) is 3.47. The number of aliphatic hydroxyl groups is 2. The van der Waals surface area contributed by atoms with Crippen molar-refractivity contribution in [2.75, 3.05) is 6.61 Å². The van der Waals surface area contributed by atoms with Crippen LogP contribution in [0.1, 0.15) is 42.6 Å². The number of hydrogen-bond donors (Lipinski definition) is 2. The second-order valence-electron chi connectivity index (χ2n) is 7.59. The summed E-state index contributed by atoms with van der Waals surface area (Å²) >= 11 is 6.39. The van der Waals surface area contributed by atoms with E-state index in [1.807, 2.05) is 37.3 Å². The molecule has 4 rings (SSSR count). The molecule has 1 aliphatic heterocycles. The fourth-order valence-electron chi connectivity index (χ4n) is 3.83. The van der Waals surface area contributed by atoms with E-state index in [1.165, 1.54) is 0 Å². The monoisotopic (exact) mass is 406 g/mol. The van der Waals surface area contributed by atoms with Gasteiger partial charge in [-0.25, -0.2) is 4.39 Å². The van der Waals surface area contributed by atoms with Crippen molar-refractivity contribution < 1.29 is 24.1 Å². The highest BCUT2D eigenvalue weighted by Gasteiger charge is 2.61. The molecule has 1 unspecified atom stereocenters. The van der Waals surface area contributed by atoms with Crippen LogP contribution in [-0.2, 0) is 11.2 Å². The number of rotatable bonds is 5. The molecular weight excluding hydrogens is 383 g/mol. The first-order valence-corrected chi connectivity index (χ1v) is 9.99. The van der Waals surface area contributed by atoms with Crippen molar-refractivity contribution in [3.8, 4) is 5.75 Å². The van der Waals surface area contributed by atoms with Gasteiger partial charge in [0.2, 0.25) is 0 Å². The third-order valence-corrected chi connectivity index (χ3v) is 5.96. The van der Waals surface area contributed by atoms with Gasteiger partial charge in [0, 0.05) is 5.02 Å². The maximum Gasteiger partial charge on any atom is 0.157 e. The molecule has 0 bridgehead atoms. The molecule has 1 spiro atoms. The Balaban J connectivity index is 1.57. The number of aliphatic hydroxyl groups excluding tert-OH is 2. The molecule has 2 aromatic rings. The molecule has 150 valence electrons. The molecule has 4 atom stereocenters. The SMILES string of the molecule is CCOc1ccc(Cc2cc([C@@H]3OC4(CC4)C(F)[C@H](O)[C@H]3O)ccc2Cl)cc1. The standard InChI is InChI=1S/C22H24ClFO4/c1-2-27-16-6-3-13(4-7-16)11-15-12-14(5-8-17(15)23)20-18(25)19(26)21(24)22(28-20)9-10-22/h3-8,12,18-21,25-26H,2,9-11H2,1H3/t18-,19-,20+,21?/m1/s1. The van der Waals surface area contributed by atoms with Crippen LogP contribution in [0.2, 0.25) is 5.02 Å². The van der Waals surface area contributed by atoms with Gasteiger partial charge in [0.05, 0.1) is 6.61 Å². The van der Waals surface area contributed by atoms with Crippen molar-refractivity contribution in [3.63, 3.8) is 0 Å². The summed E-state index contributed by atoms with van der Waals surface area (Å²) in [5, 5.41) is 21.1. The minimum Gasteiger partial charge on any atom is -0.494 e. The molecule has 1 saturated heterocycles. The van der Waals surface area contributed by atoms with Gasteiger partial charge >= 0.3 is 0 Å². The Labute approximate surface area is 168 Å². The van der Waals surface area contributed by atoms with E-state index in [-0.39, 0.29) is 0 Å². The molecule has 6 heteroatoms. The Morgan fingerprint density at radius 2 is 1.86 bits per heavy atom. The van der Waals surface area contributed by atoms with Gasteiger partial charge in [-0.2, -0.15) is 0 Å². The van der Waals surface area contributed by atoms with Crippen LogP contribution in [0.25, 0.3) is 0 Å². The Morgan fingerprint density at radius 1 is 1.14 bits per heavy atom. The van der Waals surface area contributed by atoms with E-state index in [4.69, 9.17) is 21.1 Å². The van der Waals surface area contributed by atoms with Crippen molar-refractivity contribution in [2.45, 2.75) is 56.3 Å². The van der Waals surface area contributed by atoms with E-state index in [0.717, 1.165) is 16.9 Å². The van der Waals surface area contributed by atoms with Crippen LogP contribution < -0.4 is 4.74 Å². The zero-order chi connectivity index (χ0) is 19.9. The molecule has 1 heterocycles. The lowest BCUT2D eigenvalue weighted by molar-refractivity contribution is -0.218. The average molecular weight is 407 g/mol. The highest BCUT2D eigenvalue weighted by molar-refractivity contribution is 6.31. The molecule has 2 N–H and O–H groups in total. The molecule has 1 aliphatic carbocycles.